The van der Waals surface area contributed by atoms with Crippen LogP contribution in [-0.4, -0.2) is 72.6 Å². The van der Waals surface area contributed by atoms with E-state index >= 15 is 0 Å². The Balaban J connectivity index is 1.16. The number of carbonyl (C=O) groups excluding carboxylic acids is 2. The lowest BCUT2D eigenvalue weighted by atomic mass is 10.1. The largest absolute Gasteiger partial charge is 0.480 e. The topological polar surface area (TPSA) is 216 Å². The molecule has 310 valence electrons. The SMILES string of the molecule is NC(CCc1cc(I)c(Oc2ccc(OC(=O)COCCOCC(=O)Oc3ccc(Oc4c(I)cc(CCC(N)C(=O)O)cc4I)cc3I)c(I)c2)c(I)c1)C(=O)O. The number of esters is 2. The summed E-state index contributed by atoms with van der Waals surface area (Å²) in [6, 6.07) is 16.0. The molecule has 0 aliphatic rings. The van der Waals surface area contributed by atoms with Crippen molar-refractivity contribution in [3.63, 3.8) is 0 Å². The Morgan fingerprint density at radius 3 is 1.19 bits per heavy atom. The molecule has 0 aromatic heterocycles. The van der Waals surface area contributed by atoms with Crippen LogP contribution in [0.1, 0.15) is 24.0 Å². The van der Waals surface area contributed by atoms with Crippen LogP contribution in [0.5, 0.6) is 34.5 Å². The quantitative estimate of drug-likeness (QED) is 0.0268. The lowest BCUT2D eigenvalue weighted by Gasteiger charge is -2.14. The van der Waals surface area contributed by atoms with Crippen LogP contribution in [0.15, 0.2) is 60.7 Å². The molecule has 0 radical (unpaired) electrons. The molecule has 4 aromatic rings. The Labute approximate surface area is 415 Å². The van der Waals surface area contributed by atoms with Gasteiger partial charge in [0.05, 0.1) is 34.6 Å². The van der Waals surface area contributed by atoms with Crippen molar-refractivity contribution in [2.45, 2.75) is 37.8 Å². The highest BCUT2D eigenvalue weighted by Gasteiger charge is 2.18. The molecule has 0 amide bonds. The monoisotopic (exact) mass is 1470 g/mol. The van der Waals surface area contributed by atoms with Gasteiger partial charge < -0.3 is 50.1 Å². The Bertz CT molecular complexity index is 1940. The van der Waals surface area contributed by atoms with Crippen molar-refractivity contribution in [1.82, 2.24) is 0 Å². The molecule has 0 fully saturated rings. The summed E-state index contributed by atoms with van der Waals surface area (Å²) in [6.07, 6.45) is 1.69. The highest BCUT2D eigenvalue weighted by molar-refractivity contribution is 14.1. The number of hydrogen-bond acceptors (Lipinski definition) is 12. The second-order valence-corrected chi connectivity index (χ2v) is 19.2. The van der Waals surface area contributed by atoms with Crippen LogP contribution in [0, 0.1) is 21.4 Å². The van der Waals surface area contributed by atoms with Crippen molar-refractivity contribution in [2.75, 3.05) is 26.4 Å². The number of halogens is 6. The van der Waals surface area contributed by atoms with E-state index in [2.05, 4.69) is 90.4 Å². The predicted molar refractivity (Wildman–Crippen MR) is 263 cm³/mol. The number of nitrogens with two attached hydrogens (primary N) is 2. The van der Waals surface area contributed by atoms with Gasteiger partial charge in [0, 0.05) is 0 Å². The van der Waals surface area contributed by atoms with Gasteiger partial charge in [-0.05, 0) is 233 Å². The predicted octanol–water partition coefficient (Wildman–Crippen LogP) is 8.13. The molecular weight excluding hydrogens is 1440 g/mol. The summed E-state index contributed by atoms with van der Waals surface area (Å²) in [6.45, 7) is -0.601. The van der Waals surface area contributed by atoms with E-state index in [1.54, 1.807) is 36.4 Å². The number of aryl methyl sites for hydroxylation is 2. The molecule has 2 unspecified atom stereocenters. The van der Waals surface area contributed by atoms with Crippen LogP contribution in [0.25, 0.3) is 0 Å². The van der Waals surface area contributed by atoms with Crippen molar-refractivity contribution >= 4 is 159 Å². The maximum Gasteiger partial charge on any atom is 0.337 e. The Morgan fingerprint density at radius 1 is 0.534 bits per heavy atom. The van der Waals surface area contributed by atoms with Gasteiger partial charge in [-0.25, -0.2) is 9.59 Å². The third-order valence-electron chi connectivity index (χ3n) is 7.74. The molecule has 20 heteroatoms. The molecule has 4 aromatic carbocycles. The van der Waals surface area contributed by atoms with Crippen LogP contribution < -0.4 is 30.4 Å². The summed E-state index contributed by atoms with van der Waals surface area (Å²) in [5.41, 5.74) is 13.2. The van der Waals surface area contributed by atoms with Crippen LogP contribution in [-0.2, 0) is 41.5 Å². The van der Waals surface area contributed by atoms with Crippen molar-refractivity contribution in [1.29, 1.82) is 0 Å². The molecule has 58 heavy (non-hydrogen) atoms. The fourth-order valence-electron chi connectivity index (χ4n) is 4.82. The lowest BCUT2D eigenvalue weighted by molar-refractivity contribution is -0.143. The van der Waals surface area contributed by atoms with Gasteiger partial charge in [0.15, 0.2) is 11.5 Å². The molecule has 0 aliphatic heterocycles. The molecule has 0 heterocycles. The molecule has 4 rings (SSSR count). The standard InChI is InChI=1S/C38H34I6N2O12/c39-23-15-21(55-35-25(41)11-19(12-26(35)42)1-5-29(45)37(49)50)3-7-31(23)57-33(47)17-53-9-10-54-18-34(48)58-32-8-4-22(16-24(32)40)56-36-27(43)13-20(14-28(36)44)2-6-30(46)38(51)52/h3-4,7-8,11-16,29-30H,1-2,5-6,9-10,17-18,45-46H2,(H,49,50)(H,51,52). The zero-order valence-electron chi connectivity index (χ0n) is 30.0. The number of benzene rings is 4. The number of ether oxygens (including phenoxy) is 6. The maximum atomic E-state index is 12.4. The summed E-state index contributed by atoms with van der Waals surface area (Å²) in [7, 11) is 0. The highest BCUT2D eigenvalue weighted by Crippen LogP contribution is 2.37. The minimum atomic E-state index is -1.03. The number of carboxylic acids is 2. The van der Waals surface area contributed by atoms with E-state index in [0.717, 1.165) is 25.4 Å². The van der Waals surface area contributed by atoms with Crippen molar-refractivity contribution in [3.05, 3.63) is 93.2 Å². The summed E-state index contributed by atoms with van der Waals surface area (Å²) < 4.78 is 38.6. The molecule has 6 N–H and O–H groups in total. The normalized spacial score (nSPS) is 12.1. The van der Waals surface area contributed by atoms with Crippen molar-refractivity contribution < 1.29 is 57.8 Å². The average Bonchev–Trinajstić information content (AvgIpc) is 3.15. The number of aliphatic carboxylic acids is 2. The number of carboxylic acid groups (broad SMARTS) is 2. The first kappa shape index (κ1) is 49.2. The fourth-order valence-corrected chi connectivity index (χ4v) is 10.3. The number of carbonyl (C=O) groups is 4. The Hall–Kier alpha value is -1.42. The van der Waals surface area contributed by atoms with Gasteiger partial charge in [-0.15, -0.1) is 0 Å². The van der Waals surface area contributed by atoms with E-state index in [-0.39, 0.29) is 26.4 Å². The lowest BCUT2D eigenvalue weighted by Crippen LogP contribution is -2.30. The van der Waals surface area contributed by atoms with E-state index in [0.29, 0.717) is 67.3 Å². The highest BCUT2D eigenvalue weighted by atomic mass is 127. The summed E-state index contributed by atoms with van der Waals surface area (Å²) in [4.78, 5) is 47.0. The van der Waals surface area contributed by atoms with Gasteiger partial charge in [0.1, 0.15) is 48.3 Å². The zero-order valence-corrected chi connectivity index (χ0v) is 42.9. The zero-order chi connectivity index (χ0) is 42.5. The fraction of sp³-hybridized carbons (Fsp3) is 0.263. The minimum Gasteiger partial charge on any atom is -0.480 e. The Morgan fingerprint density at radius 2 is 0.879 bits per heavy atom. The molecule has 0 saturated carbocycles. The molecule has 14 nitrogen and oxygen atoms in total. The molecule has 0 spiro atoms. The smallest absolute Gasteiger partial charge is 0.337 e. The summed E-state index contributed by atoms with van der Waals surface area (Å²) >= 11 is 12.8. The first-order chi connectivity index (χ1) is 27.5. The van der Waals surface area contributed by atoms with Crippen LogP contribution in [0.3, 0.4) is 0 Å². The first-order valence-electron chi connectivity index (χ1n) is 16.9. The second kappa shape index (κ2) is 24.3. The second-order valence-electron chi connectivity index (χ2n) is 12.2. The summed E-state index contributed by atoms with van der Waals surface area (Å²) in [5.74, 6) is -0.249. The molecule has 0 aliphatic carbocycles. The number of hydrogen-bond donors (Lipinski definition) is 4. The van der Waals surface area contributed by atoms with Gasteiger partial charge in [0.25, 0.3) is 0 Å². The van der Waals surface area contributed by atoms with E-state index < -0.39 is 36.0 Å². The first-order valence-corrected chi connectivity index (χ1v) is 23.4. The van der Waals surface area contributed by atoms with Gasteiger partial charge in [-0.3, -0.25) is 9.59 Å². The van der Waals surface area contributed by atoms with E-state index in [9.17, 15) is 19.2 Å². The van der Waals surface area contributed by atoms with E-state index in [1.807, 2.05) is 69.4 Å². The van der Waals surface area contributed by atoms with Gasteiger partial charge in [-0.2, -0.15) is 0 Å². The maximum absolute atomic E-state index is 12.4. The molecular formula is C38H34I6N2O12. The third-order valence-corrected chi connectivity index (χ3v) is 12.6. The van der Waals surface area contributed by atoms with Crippen LogP contribution >= 0.6 is 136 Å². The van der Waals surface area contributed by atoms with Crippen molar-refractivity contribution in [2.24, 2.45) is 11.5 Å². The van der Waals surface area contributed by atoms with E-state index in [4.69, 9.17) is 50.1 Å². The molecule has 0 bridgehead atoms. The van der Waals surface area contributed by atoms with E-state index in [1.165, 1.54) is 0 Å². The Kier molecular flexibility index (Phi) is 20.6. The average molecular weight is 1470 g/mol. The molecule has 2 atom stereocenters. The number of rotatable bonds is 21. The third kappa shape index (κ3) is 15.8. The van der Waals surface area contributed by atoms with Crippen molar-refractivity contribution in [3.8, 4) is 34.5 Å². The van der Waals surface area contributed by atoms with Crippen LogP contribution in [0.2, 0.25) is 0 Å². The van der Waals surface area contributed by atoms with Gasteiger partial charge in [0.2, 0.25) is 0 Å². The minimum absolute atomic E-state index is 0.0344. The molecule has 0 saturated heterocycles. The van der Waals surface area contributed by atoms with Crippen LogP contribution in [0.4, 0.5) is 0 Å². The summed E-state index contributed by atoms with van der Waals surface area (Å²) in [5, 5.41) is 18.1. The van der Waals surface area contributed by atoms with Gasteiger partial charge >= 0.3 is 23.9 Å². The van der Waals surface area contributed by atoms with Gasteiger partial charge in [-0.1, -0.05) is 0 Å².